The summed E-state index contributed by atoms with van der Waals surface area (Å²) in [4.78, 5) is 0.0695. The zero-order valence-corrected chi connectivity index (χ0v) is 9.90. The lowest BCUT2D eigenvalue weighted by molar-refractivity contribution is 0.609. The first kappa shape index (κ1) is 11.1. The zero-order valence-electron chi connectivity index (χ0n) is 8.33. The number of hydrogen-bond donors (Lipinski definition) is 0. The Balaban J connectivity index is 2.45. The molecule has 0 radical (unpaired) electrons. The van der Waals surface area contributed by atoms with Crippen molar-refractivity contribution >= 4 is 19.7 Å². The lowest BCUT2D eigenvalue weighted by Crippen LogP contribution is -1.93. The molecule has 16 heavy (non-hydrogen) atoms. The van der Waals surface area contributed by atoms with Crippen LogP contribution in [-0.2, 0) is 16.1 Å². The second-order valence-electron chi connectivity index (χ2n) is 3.23. The second kappa shape index (κ2) is 3.88. The van der Waals surface area contributed by atoms with E-state index in [2.05, 4.69) is 10.2 Å². The van der Waals surface area contributed by atoms with Gasteiger partial charge >= 0.3 is 0 Å². The van der Waals surface area contributed by atoms with E-state index in [1.807, 2.05) is 7.05 Å². The van der Waals surface area contributed by atoms with Crippen LogP contribution in [0.15, 0.2) is 35.5 Å². The predicted octanol–water partition coefficient (Wildman–Crippen LogP) is 1.41. The summed E-state index contributed by atoms with van der Waals surface area (Å²) < 4.78 is 23.8. The van der Waals surface area contributed by atoms with Gasteiger partial charge in [-0.3, -0.25) is 0 Å². The van der Waals surface area contributed by atoms with Gasteiger partial charge in [0.05, 0.1) is 4.90 Å². The molecule has 0 aliphatic rings. The highest BCUT2D eigenvalue weighted by Gasteiger charge is 2.10. The van der Waals surface area contributed by atoms with Gasteiger partial charge in [0.1, 0.15) is 6.33 Å². The molecular formula is C9H8ClN3O2S. The Morgan fingerprint density at radius 3 is 2.31 bits per heavy atom. The third-order valence-corrected chi connectivity index (χ3v) is 3.48. The van der Waals surface area contributed by atoms with Crippen molar-refractivity contribution in [3.8, 4) is 11.4 Å². The van der Waals surface area contributed by atoms with Crippen molar-refractivity contribution < 1.29 is 8.42 Å². The summed E-state index contributed by atoms with van der Waals surface area (Å²) in [5.41, 5.74) is 0.782. The van der Waals surface area contributed by atoms with Crippen LogP contribution < -0.4 is 0 Å². The number of benzene rings is 1. The van der Waals surface area contributed by atoms with Crippen molar-refractivity contribution in [1.29, 1.82) is 0 Å². The monoisotopic (exact) mass is 257 g/mol. The Morgan fingerprint density at radius 1 is 1.25 bits per heavy atom. The molecule has 0 saturated carbocycles. The smallest absolute Gasteiger partial charge is 0.261 e. The second-order valence-corrected chi connectivity index (χ2v) is 5.79. The Hall–Kier alpha value is -1.40. The van der Waals surface area contributed by atoms with Crippen LogP contribution in [0.3, 0.4) is 0 Å². The SMILES string of the molecule is Cn1cnnc1-c1ccc(S(=O)(=O)Cl)cc1. The van der Waals surface area contributed by atoms with E-state index in [-0.39, 0.29) is 4.90 Å². The number of rotatable bonds is 2. The molecule has 84 valence electrons. The average molecular weight is 258 g/mol. The minimum Gasteiger partial charge on any atom is -0.317 e. The average Bonchev–Trinajstić information content (AvgIpc) is 2.63. The van der Waals surface area contributed by atoms with Gasteiger partial charge in [0.25, 0.3) is 9.05 Å². The maximum absolute atomic E-state index is 11.0. The largest absolute Gasteiger partial charge is 0.317 e. The van der Waals surface area contributed by atoms with Crippen molar-refractivity contribution in [1.82, 2.24) is 14.8 Å². The molecule has 0 aliphatic carbocycles. The van der Waals surface area contributed by atoms with Gasteiger partial charge < -0.3 is 4.57 Å². The number of aryl methyl sites for hydroxylation is 1. The highest BCUT2D eigenvalue weighted by molar-refractivity contribution is 8.13. The molecule has 7 heteroatoms. The predicted molar refractivity (Wildman–Crippen MR) is 59.5 cm³/mol. The molecule has 2 rings (SSSR count). The van der Waals surface area contributed by atoms with Crippen molar-refractivity contribution in [3.05, 3.63) is 30.6 Å². The normalized spacial score (nSPS) is 11.6. The van der Waals surface area contributed by atoms with Gasteiger partial charge in [-0.05, 0) is 24.3 Å². The van der Waals surface area contributed by atoms with Crippen LogP contribution in [0.25, 0.3) is 11.4 Å². The molecule has 0 unspecified atom stereocenters. The molecule has 0 spiro atoms. The molecule has 0 fully saturated rings. The molecule has 0 saturated heterocycles. The molecule has 0 bridgehead atoms. The van der Waals surface area contributed by atoms with Crippen LogP contribution >= 0.6 is 10.7 Å². The van der Waals surface area contributed by atoms with Crippen LogP contribution in [0.1, 0.15) is 0 Å². The minimum absolute atomic E-state index is 0.0695. The Bertz CT molecular complexity index is 604. The maximum atomic E-state index is 11.0. The standard InChI is InChI=1S/C9H8ClN3O2S/c1-13-6-11-12-9(13)7-2-4-8(5-3-7)16(10,14)15/h2-6H,1H3. The fourth-order valence-electron chi connectivity index (χ4n) is 1.31. The van der Waals surface area contributed by atoms with Crippen LogP contribution in [0.4, 0.5) is 0 Å². The first-order valence-electron chi connectivity index (χ1n) is 4.37. The molecule has 2 aromatic rings. The van der Waals surface area contributed by atoms with E-state index in [1.165, 1.54) is 12.1 Å². The minimum atomic E-state index is -3.67. The first-order chi connectivity index (χ1) is 7.48. The van der Waals surface area contributed by atoms with Gasteiger partial charge in [-0.2, -0.15) is 0 Å². The van der Waals surface area contributed by atoms with E-state index in [9.17, 15) is 8.42 Å². The van der Waals surface area contributed by atoms with E-state index in [0.717, 1.165) is 5.56 Å². The number of nitrogens with zero attached hydrogens (tertiary/aromatic N) is 3. The Morgan fingerprint density at radius 2 is 1.88 bits per heavy atom. The molecule has 0 N–H and O–H groups in total. The molecule has 1 aromatic carbocycles. The molecular weight excluding hydrogens is 250 g/mol. The molecule has 0 aliphatic heterocycles. The topological polar surface area (TPSA) is 64.8 Å². The van der Waals surface area contributed by atoms with E-state index >= 15 is 0 Å². The fraction of sp³-hybridized carbons (Fsp3) is 0.111. The summed E-state index contributed by atoms with van der Waals surface area (Å²) in [7, 11) is 3.34. The summed E-state index contributed by atoms with van der Waals surface area (Å²) in [6.45, 7) is 0. The first-order valence-corrected chi connectivity index (χ1v) is 6.68. The van der Waals surface area contributed by atoms with Gasteiger partial charge in [0.15, 0.2) is 5.82 Å². The summed E-state index contributed by atoms with van der Waals surface area (Å²) in [5.74, 6) is 0.665. The lowest BCUT2D eigenvalue weighted by atomic mass is 10.2. The summed E-state index contributed by atoms with van der Waals surface area (Å²) >= 11 is 0. The van der Waals surface area contributed by atoms with E-state index in [4.69, 9.17) is 10.7 Å². The van der Waals surface area contributed by atoms with Gasteiger partial charge in [-0.25, -0.2) is 8.42 Å². The zero-order chi connectivity index (χ0) is 11.8. The highest BCUT2D eigenvalue weighted by atomic mass is 35.7. The van der Waals surface area contributed by atoms with Crippen molar-refractivity contribution in [3.63, 3.8) is 0 Å². The van der Waals surface area contributed by atoms with Crippen molar-refractivity contribution in [2.75, 3.05) is 0 Å². The van der Waals surface area contributed by atoms with Crippen molar-refractivity contribution in [2.45, 2.75) is 4.90 Å². The number of halogens is 1. The molecule has 1 heterocycles. The third-order valence-electron chi connectivity index (χ3n) is 2.11. The quantitative estimate of drug-likeness (QED) is 0.763. The number of hydrogen-bond acceptors (Lipinski definition) is 4. The third kappa shape index (κ3) is 2.07. The lowest BCUT2D eigenvalue weighted by Gasteiger charge is -2.01. The van der Waals surface area contributed by atoms with Crippen LogP contribution in [0, 0.1) is 0 Å². The van der Waals surface area contributed by atoms with E-state index < -0.39 is 9.05 Å². The van der Waals surface area contributed by atoms with Gasteiger partial charge in [-0.1, -0.05) is 0 Å². The van der Waals surface area contributed by atoms with Crippen molar-refractivity contribution in [2.24, 2.45) is 7.05 Å². The van der Waals surface area contributed by atoms with Crippen LogP contribution in [0.2, 0.25) is 0 Å². The van der Waals surface area contributed by atoms with E-state index in [0.29, 0.717) is 5.82 Å². The maximum Gasteiger partial charge on any atom is 0.261 e. The molecule has 5 nitrogen and oxygen atoms in total. The molecule has 0 atom stereocenters. The van der Waals surface area contributed by atoms with E-state index in [1.54, 1.807) is 23.0 Å². The van der Waals surface area contributed by atoms with Gasteiger partial charge in [0, 0.05) is 23.3 Å². The fourth-order valence-corrected chi connectivity index (χ4v) is 2.08. The summed E-state index contributed by atoms with van der Waals surface area (Å²) in [6.07, 6.45) is 1.57. The summed E-state index contributed by atoms with van der Waals surface area (Å²) in [5, 5.41) is 7.65. The Labute approximate surface area is 97.1 Å². The van der Waals surface area contributed by atoms with Crippen LogP contribution in [0.5, 0.6) is 0 Å². The molecule has 1 aromatic heterocycles. The number of aromatic nitrogens is 3. The highest BCUT2D eigenvalue weighted by Crippen LogP contribution is 2.20. The van der Waals surface area contributed by atoms with Crippen LogP contribution in [-0.4, -0.2) is 23.2 Å². The summed E-state index contributed by atoms with van der Waals surface area (Å²) in [6, 6.07) is 6.15. The van der Waals surface area contributed by atoms with Gasteiger partial charge in [-0.15, -0.1) is 10.2 Å². The molecule has 0 amide bonds. The Kier molecular flexibility index (Phi) is 2.69. The van der Waals surface area contributed by atoms with Gasteiger partial charge in [0.2, 0.25) is 0 Å².